The summed E-state index contributed by atoms with van der Waals surface area (Å²) in [6.45, 7) is 1.53. The monoisotopic (exact) mass is 284 g/mol. The standard InChI is InChI=1S/C18H17FO2/c1-14(20)21-13-16(11-15-7-3-2-4-8-15)12-17-9-5-6-10-18(17)19/h2-10,12H,11,13H2,1H3/b16-12-. The van der Waals surface area contributed by atoms with E-state index in [1.54, 1.807) is 24.3 Å². The average Bonchev–Trinajstić information content (AvgIpc) is 2.48. The maximum Gasteiger partial charge on any atom is 0.302 e. The summed E-state index contributed by atoms with van der Waals surface area (Å²) in [5, 5.41) is 0. The van der Waals surface area contributed by atoms with Gasteiger partial charge >= 0.3 is 5.97 Å². The van der Waals surface area contributed by atoms with Crippen LogP contribution in [0.2, 0.25) is 0 Å². The molecule has 0 N–H and O–H groups in total. The van der Waals surface area contributed by atoms with Crippen LogP contribution in [-0.4, -0.2) is 12.6 Å². The molecular formula is C18H17FO2. The van der Waals surface area contributed by atoms with E-state index in [4.69, 9.17) is 4.74 Å². The highest BCUT2D eigenvalue weighted by Crippen LogP contribution is 2.15. The summed E-state index contributed by atoms with van der Waals surface area (Å²) in [5.74, 6) is -0.631. The molecule has 2 nitrogen and oxygen atoms in total. The van der Waals surface area contributed by atoms with Crippen LogP contribution in [0.15, 0.2) is 60.2 Å². The maximum absolute atomic E-state index is 13.7. The molecule has 2 aromatic rings. The van der Waals surface area contributed by atoms with Crippen molar-refractivity contribution in [2.45, 2.75) is 13.3 Å². The van der Waals surface area contributed by atoms with Gasteiger partial charge in [-0.05, 0) is 29.7 Å². The molecule has 0 aliphatic heterocycles. The molecule has 2 aromatic carbocycles. The molecule has 0 aliphatic carbocycles. The Labute approximate surface area is 123 Å². The Kier molecular flexibility index (Phi) is 5.27. The molecule has 0 heterocycles. The van der Waals surface area contributed by atoms with E-state index in [0.29, 0.717) is 12.0 Å². The molecular weight excluding hydrogens is 267 g/mol. The Balaban J connectivity index is 2.23. The second-order valence-electron chi connectivity index (χ2n) is 4.77. The van der Waals surface area contributed by atoms with Gasteiger partial charge < -0.3 is 4.74 Å². The number of rotatable bonds is 5. The van der Waals surface area contributed by atoms with Crippen LogP contribution < -0.4 is 0 Å². The van der Waals surface area contributed by atoms with Gasteiger partial charge in [-0.15, -0.1) is 0 Å². The summed E-state index contributed by atoms with van der Waals surface area (Å²) in [7, 11) is 0. The van der Waals surface area contributed by atoms with Crippen molar-refractivity contribution < 1.29 is 13.9 Å². The van der Waals surface area contributed by atoms with Crippen molar-refractivity contribution in [3.8, 4) is 0 Å². The molecule has 0 aromatic heterocycles. The van der Waals surface area contributed by atoms with Crippen LogP contribution in [0.5, 0.6) is 0 Å². The van der Waals surface area contributed by atoms with E-state index in [1.807, 2.05) is 30.3 Å². The van der Waals surface area contributed by atoms with Gasteiger partial charge in [0.1, 0.15) is 12.4 Å². The van der Waals surface area contributed by atoms with Gasteiger partial charge in [-0.2, -0.15) is 0 Å². The first-order chi connectivity index (χ1) is 10.1. The summed E-state index contributed by atoms with van der Waals surface area (Å²) in [4.78, 5) is 11.0. The number of halogens is 1. The predicted molar refractivity (Wildman–Crippen MR) is 81.2 cm³/mol. The molecule has 0 radical (unpaired) electrons. The minimum atomic E-state index is -0.345. The summed E-state index contributed by atoms with van der Waals surface area (Å²) < 4.78 is 18.8. The number of ether oxygens (including phenoxy) is 1. The Bertz CT molecular complexity index is 633. The molecule has 0 aliphatic rings. The van der Waals surface area contributed by atoms with Gasteiger partial charge in [0, 0.05) is 12.5 Å². The average molecular weight is 284 g/mol. The fraction of sp³-hybridized carbons (Fsp3) is 0.167. The first-order valence-corrected chi connectivity index (χ1v) is 6.76. The number of hydrogen-bond acceptors (Lipinski definition) is 2. The van der Waals surface area contributed by atoms with Crippen LogP contribution in [0.1, 0.15) is 18.1 Å². The fourth-order valence-corrected chi connectivity index (χ4v) is 2.01. The number of carbonyl (C=O) groups is 1. The van der Waals surface area contributed by atoms with Crippen molar-refractivity contribution in [2.75, 3.05) is 6.61 Å². The predicted octanol–water partition coefficient (Wildman–Crippen LogP) is 4.01. The highest BCUT2D eigenvalue weighted by molar-refractivity contribution is 5.66. The van der Waals surface area contributed by atoms with Gasteiger partial charge in [-0.25, -0.2) is 4.39 Å². The Morgan fingerprint density at radius 2 is 1.76 bits per heavy atom. The molecule has 0 bridgehead atoms. The van der Waals surface area contributed by atoms with E-state index in [0.717, 1.165) is 11.1 Å². The zero-order valence-corrected chi connectivity index (χ0v) is 11.9. The van der Waals surface area contributed by atoms with E-state index in [9.17, 15) is 9.18 Å². The highest BCUT2D eigenvalue weighted by atomic mass is 19.1. The number of hydrogen-bond donors (Lipinski definition) is 0. The van der Waals surface area contributed by atoms with Crippen LogP contribution in [-0.2, 0) is 16.0 Å². The minimum absolute atomic E-state index is 0.165. The fourth-order valence-electron chi connectivity index (χ4n) is 2.01. The minimum Gasteiger partial charge on any atom is -0.461 e. The molecule has 0 unspecified atom stereocenters. The quantitative estimate of drug-likeness (QED) is 0.775. The van der Waals surface area contributed by atoms with Gasteiger partial charge in [-0.1, -0.05) is 48.5 Å². The Hall–Kier alpha value is -2.42. The molecule has 0 spiro atoms. The van der Waals surface area contributed by atoms with Gasteiger partial charge in [0.05, 0.1) is 0 Å². The first kappa shape index (κ1) is 15.0. The number of carbonyl (C=O) groups excluding carboxylic acids is 1. The number of esters is 1. The SMILES string of the molecule is CC(=O)OC/C(=C\c1ccccc1F)Cc1ccccc1. The second-order valence-corrected chi connectivity index (χ2v) is 4.77. The van der Waals surface area contributed by atoms with Gasteiger partial charge in [-0.3, -0.25) is 4.79 Å². The molecule has 21 heavy (non-hydrogen) atoms. The number of benzene rings is 2. The van der Waals surface area contributed by atoms with Crippen molar-refractivity contribution in [3.05, 3.63) is 77.1 Å². The summed E-state index contributed by atoms with van der Waals surface area (Å²) in [5.41, 5.74) is 2.43. The lowest BCUT2D eigenvalue weighted by Crippen LogP contribution is -2.05. The summed E-state index contributed by atoms with van der Waals surface area (Å²) in [6.07, 6.45) is 2.35. The van der Waals surface area contributed by atoms with Crippen molar-refractivity contribution in [3.63, 3.8) is 0 Å². The normalized spacial score (nSPS) is 11.2. The molecule has 0 saturated heterocycles. The summed E-state index contributed by atoms with van der Waals surface area (Å²) in [6, 6.07) is 16.4. The lowest BCUT2D eigenvalue weighted by atomic mass is 10.0. The van der Waals surface area contributed by atoms with Crippen molar-refractivity contribution in [1.82, 2.24) is 0 Å². The third-order valence-corrected chi connectivity index (χ3v) is 3.00. The van der Waals surface area contributed by atoms with Gasteiger partial charge in [0.25, 0.3) is 0 Å². The van der Waals surface area contributed by atoms with Crippen LogP contribution in [0.3, 0.4) is 0 Å². The van der Waals surface area contributed by atoms with Crippen LogP contribution in [0.25, 0.3) is 6.08 Å². The molecule has 2 rings (SSSR count). The second kappa shape index (κ2) is 7.39. The third-order valence-electron chi connectivity index (χ3n) is 3.00. The molecule has 3 heteroatoms. The van der Waals surface area contributed by atoms with E-state index in [2.05, 4.69) is 0 Å². The van der Waals surface area contributed by atoms with Crippen LogP contribution in [0.4, 0.5) is 4.39 Å². The molecule has 108 valence electrons. The van der Waals surface area contributed by atoms with Crippen LogP contribution in [0, 0.1) is 5.82 Å². The summed E-state index contributed by atoms with van der Waals surface area (Å²) >= 11 is 0. The smallest absolute Gasteiger partial charge is 0.302 e. The van der Waals surface area contributed by atoms with E-state index in [-0.39, 0.29) is 18.4 Å². The van der Waals surface area contributed by atoms with E-state index in [1.165, 1.54) is 13.0 Å². The maximum atomic E-state index is 13.7. The van der Waals surface area contributed by atoms with E-state index >= 15 is 0 Å². The van der Waals surface area contributed by atoms with E-state index < -0.39 is 0 Å². The van der Waals surface area contributed by atoms with Gasteiger partial charge in [0.15, 0.2) is 0 Å². The molecule has 0 saturated carbocycles. The van der Waals surface area contributed by atoms with Crippen LogP contribution >= 0.6 is 0 Å². The lowest BCUT2D eigenvalue weighted by Gasteiger charge is -2.09. The first-order valence-electron chi connectivity index (χ1n) is 6.76. The molecule has 0 atom stereocenters. The van der Waals surface area contributed by atoms with Crippen molar-refractivity contribution in [1.29, 1.82) is 0 Å². The zero-order valence-electron chi connectivity index (χ0n) is 11.9. The molecule has 0 amide bonds. The van der Waals surface area contributed by atoms with Crippen molar-refractivity contribution in [2.24, 2.45) is 0 Å². The largest absolute Gasteiger partial charge is 0.461 e. The molecule has 0 fully saturated rings. The lowest BCUT2D eigenvalue weighted by molar-refractivity contribution is -0.139. The Morgan fingerprint density at radius 3 is 2.43 bits per heavy atom. The van der Waals surface area contributed by atoms with Gasteiger partial charge in [0.2, 0.25) is 0 Å². The zero-order chi connectivity index (χ0) is 15.1. The topological polar surface area (TPSA) is 26.3 Å². The highest BCUT2D eigenvalue weighted by Gasteiger charge is 2.05. The van der Waals surface area contributed by atoms with Crippen molar-refractivity contribution >= 4 is 12.0 Å². The Morgan fingerprint density at radius 1 is 1.10 bits per heavy atom. The third kappa shape index (κ3) is 4.88.